The minimum Gasteiger partial charge on any atom is -0.165 e. The summed E-state index contributed by atoms with van der Waals surface area (Å²) >= 11 is 0.896. The van der Waals surface area contributed by atoms with E-state index in [0.717, 1.165) is 58.8 Å². The topological polar surface area (TPSA) is 0 Å². The summed E-state index contributed by atoms with van der Waals surface area (Å²) in [6.07, 6.45) is 9.30. The summed E-state index contributed by atoms with van der Waals surface area (Å²) in [5.41, 5.74) is 1.13. The first kappa shape index (κ1) is 18.0. The van der Waals surface area contributed by atoms with Crippen LogP contribution < -0.4 is 0 Å². The van der Waals surface area contributed by atoms with Gasteiger partial charge in [-0.2, -0.15) is 13.2 Å². The Morgan fingerprint density at radius 3 is 2.33 bits per heavy atom. The maximum Gasteiger partial charge on any atom is 0.425 e. The minimum atomic E-state index is -4.21. The van der Waals surface area contributed by atoms with E-state index in [1.54, 1.807) is 6.07 Å². The van der Waals surface area contributed by atoms with Crippen molar-refractivity contribution in [3.8, 4) is 0 Å². The Morgan fingerprint density at radius 1 is 1.04 bits per heavy atom. The highest BCUT2D eigenvalue weighted by atomic mass is 32.1. The van der Waals surface area contributed by atoms with Crippen LogP contribution in [0.5, 0.6) is 0 Å². The Bertz CT molecular complexity index is 562. The van der Waals surface area contributed by atoms with Crippen LogP contribution in [0.15, 0.2) is 18.2 Å². The molecule has 4 heteroatoms. The van der Waals surface area contributed by atoms with E-state index in [0.29, 0.717) is 0 Å². The van der Waals surface area contributed by atoms with Crippen molar-refractivity contribution in [2.24, 2.45) is 17.8 Å². The SMILES string of the molecule is CCCC1CCC(C2CC=C(c3ccc(C(F)(F)F)s3)CC2)CC1. The molecule has 0 aliphatic heterocycles. The normalized spacial score (nSPS) is 28.7. The van der Waals surface area contributed by atoms with Crippen LogP contribution in [-0.4, -0.2) is 0 Å². The van der Waals surface area contributed by atoms with E-state index in [9.17, 15) is 13.2 Å². The Hall–Kier alpha value is -0.770. The van der Waals surface area contributed by atoms with Gasteiger partial charge in [0.25, 0.3) is 0 Å². The van der Waals surface area contributed by atoms with Gasteiger partial charge >= 0.3 is 6.18 Å². The lowest BCUT2D eigenvalue weighted by atomic mass is 9.71. The minimum absolute atomic E-state index is 0.477. The van der Waals surface area contributed by atoms with Crippen molar-refractivity contribution in [1.82, 2.24) is 0 Å². The van der Waals surface area contributed by atoms with Crippen LogP contribution in [0.3, 0.4) is 0 Å². The van der Waals surface area contributed by atoms with Crippen molar-refractivity contribution in [2.75, 3.05) is 0 Å². The maximum absolute atomic E-state index is 12.8. The number of hydrogen-bond donors (Lipinski definition) is 0. The van der Waals surface area contributed by atoms with E-state index in [2.05, 4.69) is 13.0 Å². The van der Waals surface area contributed by atoms with E-state index >= 15 is 0 Å². The Labute approximate surface area is 147 Å². The average Bonchev–Trinajstić information content (AvgIpc) is 3.06. The third-order valence-electron chi connectivity index (χ3n) is 5.91. The zero-order chi connectivity index (χ0) is 17.2. The fourth-order valence-electron chi connectivity index (χ4n) is 4.53. The standard InChI is InChI=1S/C20H27F3S/c1-2-3-14-4-6-15(7-5-14)16-8-10-17(11-9-16)18-12-13-19(24-18)20(21,22)23/h10,12-16H,2-9,11H2,1H3. The molecule has 1 fully saturated rings. The maximum atomic E-state index is 12.8. The van der Waals surface area contributed by atoms with Crippen LogP contribution in [0, 0.1) is 17.8 Å². The Balaban J connectivity index is 1.56. The van der Waals surface area contributed by atoms with Gasteiger partial charge < -0.3 is 0 Å². The molecule has 3 rings (SSSR count). The van der Waals surface area contributed by atoms with E-state index in [1.165, 1.54) is 44.6 Å². The van der Waals surface area contributed by atoms with Crippen molar-refractivity contribution in [3.63, 3.8) is 0 Å². The molecular formula is C20H27F3S. The molecule has 1 saturated carbocycles. The van der Waals surface area contributed by atoms with Crippen LogP contribution in [0.4, 0.5) is 13.2 Å². The molecule has 0 saturated heterocycles. The molecule has 1 aromatic rings. The van der Waals surface area contributed by atoms with Gasteiger partial charge in [-0.05, 0) is 67.6 Å². The summed E-state index contributed by atoms with van der Waals surface area (Å²) in [5, 5.41) is 0. The summed E-state index contributed by atoms with van der Waals surface area (Å²) in [6, 6.07) is 2.87. The summed E-state index contributed by atoms with van der Waals surface area (Å²) in [6.45, 7) is 2.27. The molecule has 1 heterocycles. The van der Waals surface area contributed by atoms with Crippen LogP contribution in [0.25, 0.3) is 5.57 Å². The van der Waals surface area contributed by atoms with Gasteiger partial charge in [0, 0.05) is 4.88 Å². The van der Waals surface area contributed by atoms with E-state index in [-0.39, 0.29) is 0 Å². The summed E-state index contributed by atoms with van der Waals surface area (Å²) < 4.78 is 38.3. The van der Waals surface area contributed by atoms with E-state index in [4.69, 9.17) is 0 Å². The van der Waals surface area contributed by atoms with Crippen molar-refractivity contribution >= 4 is 16.9 Å². The van der Waals surface area contributed by atoms with Gasteiger partial charge in [0.1, 0.15) is 4.88 Å². The third-order valence-corrected chi connectivity index (χ3v) is 7.11. The molecule has 0 nitrogen and oxygen atoms in total. The molecule has 0 spiro atoms. The third kappa shape index (κ3) is 4.25. The van der Waals surface area contributed by atoms with Gasteiger partial charge in [-0.25, -0.2) is 0 Å². The second-order valence-electron chi connectivity index (χ2n) is 7.49. The zero-order valence-electron chi connectivity index (χ0n) is 14.4. The van der Waals surface area contributed by atoms with Crippen LogP contribution in [-0.2, 0) is 6.18 Å². The van der Waals surface area contributed by atoms with Crippen LogP contribution >= 0.6 is 11.3 Å². The number of halogens is 3. The molecule has 2 aliphatic rings. The van der Waals surface area contributed by atoms with Gasteiger partial charge in [-0.15, -0.1) is 11.3 Å². The number of rotatable bonds is 4. The highest BCUT2D eigenvalue weighted by Crippen LogP contribution is 2.44. The van der Waals surface area contributed by atoms with Gasteiger partial charge in [-0.1, -0.05) is 38.7 Å². The van der Waals surface area contributed by atoms with Crippen molar-refractivity contribution < 1.29 is 13.2 Å². The summed E-state index contributed by atoms with van der Waals surface area (Å²) in [5.74, 6) is 2.52. The first-order valence-electron chi connectivity index (χ1n) is 9.33. The first-order chi connectivity index (χ1) is 11.5. The highest BCUT2D eigenvalue weighted by molar-refractivity contribution is 7.13. The number of allylic oxidation sites excluding steroid dienone is 2. The molecule has 1 aromatic heterocycles. The van der Waals surface area contributed by atoms with Gasteiger partial charge in [0.15, 0.2) is 0 Å². The van der Waals surface area contributed by atoms with E-state index in [1.807, 2.05) is 0 Å². The molecule has 134 valence electrons. The molecule has 1 atom stereocenters. The largest absolute Gasteiger partial charge is 0.425 e. The summed E-state index contributed by atoms with van der Waals surface area (Å²) in [4.78, 5) is 0.335. The second kappa shape index (κ2) is 7.63. The fourth-order valence-corrected chi connectivity index (χ4v) is 5.47. The number of thiophene rings is 1. The van der Waals surface area contributed by atoms with Gasteiger partial charge in [0.05, 0.1) is 0 Å². The quantitative estimate of drug-likeness (QED) is 0.522. The second-order valence-corrected chi connectivity index (χ2v) is 8.58. The molecule has 1 unspecified atom stereocenters. The van der Waals surface area contributed by atoms with Gasteiger partial charge in [0.2, 0.25) is 0 Å². The lowest BCUT2D eigenvalue weighted by molar-refractivity contribution is -0.134. The molecule has 0 radical (unpaired) electrons. The van der Waals surface area contributed by atoms with Crippen molar-refractivity contribution in [1.29, 1.82) is 0 Å². The summed E-state index contributed by atoms with van der Waals surface area (Å²) in [7, 11) is 0. The predicted octanol–water partition coefficient (Wildman–Crippen LogP) is 7.56. The molecule has 0 bridgehead atoms. The van der Waals surface area contributed by atoms with Crippen molar-refractivity contribution in [2.45, 2.75) is 70.9 Å². The molecule has 24 heavy (non-hydrogen) atoms. The molecule has 0 N–H and O–H groups in total. The average molecular weight is 356 g/mol. The van der Waals surface area contributed by atoms with Crippen LogP contribution in [0.1, 0.15) is 74.5 Å². The van der Waals surface area contributed by atoms with Crippen molar-refractivity contribution in [3.05, 3.63) is 28.0 Å². The Kier molecular flexibility index (Phi) is 5.74. The lowest BCUT2D eigenvalue weighted by Crippen LogP contribution is -2.23. The number of hydrogen-bond acceptors (Lipinski definition) is 1. The smallest absolute Gasteiger partial charge is 0.165 e. The lowest BCUT2D eigenvalue weighted by Gasteiger charge is -2.35. The zero-order valence-corrected chi connectivity index (χ0v) is 15.2. The molecule has 0 amide bonds. The monoisotopic (exact) mass is 356 g/mol. The van der Waals surface area contributed by atoms with E-state index < -0.39 is 11.1 Å². The number of alkyl halides is 3. The Morgan fingerprint density at radius 2 is 1.79 bits per heavy atom. The van der Waals surface area contributed by atoms with Gasteiger partial charge in [-0.3, -0.25) is 0 Å². The first-order valence-corrected chi connectivity index (χ1v) is 10.2. The highest BCUT2D eigenvalue weighted by Gasteiger charge is 2.33. The molecule has 0 aromatic carbocycles. The fraction of sp³-hybridized carbons (Fsp3) is 0.700. The molecule has 2 aliphatic carbocycles. The molecular weight excluding hydrogens is 329 g/mol. The predicted molar refractivity (Wildman–Crippen MR) is 95.0 cm³/mol. The van der Waals surface area contributed by atoms with Crippen LogP contribution in [0.2, 0.25) is 0 Å².